The van der Waals surface area contributed by atoms with Gasteiger partial charge in [0.05, 0.1) is 71.8 Å². The van der Waals surface area contributed by atoms with Crippen LogP contribution in [0.25, 0.3) is 0 Å². The quantitative estimate of drug-likeness (QED) is 0.0527. The van der Waals surface area contributed by atoms with Gasteiger partial charge in [-0.1, -0.05) is 105 Å². The molecule has 0 radical (unpaired) electrons. The van der Waals surface area contributed by atoms with Crippen molar-refractivity contribution in [2.45, 2.75) is 234 Å². The van der Waals surface area contributed by atoms with Gasteiger partial charge in [-0.05, 0) is 105 Å². The molecule has 0 aromatic rings. The van der Waals surface area contributed by atoms with Gasteiger partial charge in [-0.25, -0.2) is 0 Å². The number of carbonyl (C=O) groups excluding carboxylic acids is 8. The fourth-order valence-electron chi connectivity index (χ4n) is 11.4. The summed E-state index contributed by atoms with van der Waals surface area (Å²) in [5, 5.41) is 0. The molecule has 4 rings (SSSR count). The summed E-state index contributed by atoms with van der Waals surface area (Å²) >= 11 is 0. The molecular weight excluding hydrogens is 941 g/mol. The molecule has 16 heteroatoms. The SMILES string of the molecule is CCCC(C)OC(=O)C1CCCCC1C(=O)OCC(COC(=O)C1CCCCC1C(=O)OC(C)CCC)(COC(=O)C1CCCCC1C(=O)OC(C)CCC)COC(=O)C1CCCCC1C(=O)OC(C)CCC. The van der Waals surface area contributed by atoms with Crippen molar-refractivity contribution in [3.8, 4) is 0 Å². The maximum absolute atomic E-state index is 14.4. The first-order valence-electron chi connectivity index (χ1n) is 28.5. The lowest BCUT2D eigenvalue weighted by Crippen LogP contribution is -2.47. The van der Waals surface area contributed by atoms with Crippen LogP contribution in [-0.2, 0) is 76.3 Å². The van der Waals surface area contributed by atoms with Gasteiger partial charge in [0.15, 0.2) is 0 Å². The first-order chi connectivity index (χ1) is 35.0. The number of esters is 8. The highest BCUT2D eigenvalue weighted by atomic mass is 16.6. The van der Waals surface area contributed by atoms with Crippen molar-refractivity contribution in [1.29, 1.82) is 0 Å². The van der Waals surface area contributed by atoms with Gasteiger partial charge >= 0.3 is 47.8 Å². The second-order valence-electron chi connectivity index (χ2n) is 22.1. The smallest absolute Gasteiger partial charge is 0.310 e. The summed E-state index contributed by atoms with van der Waals surface area (Å²) in [7, 11) is 0. The summed E-state index contributed by atoms with van der Waals surface area (Å²) in [5.41, 5.74) is -1.74. The van der Waals surface area contributed by atoms with Crippen molar-refractivity contribution < 1.29 is 76.3 Å². The summed E-state index contributed by atoms with van der Waals surface area (Å²) in [4.78, 5) is 112. The van der Waals surface area contributed by atoms with Crippen LogP contribution in [0.5, 0.6) is 0 Å². The molecule has 12 atom stereocenters. The van der Waals surface area contributed by atoms with E-state index in [0.29, 0.717) is 128 Å². The van der Waals surface area contributed by atoms with E-state index in [2.05, 4.69) is 0 Å². The molecule has 0 spiro atoms. The standard InChI is InChI=1S/C57H92O16/c1-9-21-37(5)70-53(62)45-29-17-13-25-41(45)49(58)66-33-57(34-67-50(59)42-26-14-18-30-46(42)54(63)71-38(6)22-10-2,35-68-51(60)43-27-15-19-31-47(43)55(64)72-39(7)23-11-3)36-69-52(61)44-28-16-20-32-48(44)56(65)73-40(8)24-12-4/h37-48H,9-36H2,1-8H3. The first kappa shape index (κ1) is 61.3. The third kappa shape index (κ3) is 19.1. The molecule has 0 aromatic heterocycles. The van der Waals surface area contributed by atoms with Crippen LogP contribution < -0.4 is 0 Å². The van der Waals surface area contributed by atoms with Crippen LogP contribution >= 0.6 is 0 Å². The minimum atomic E-state index is -1.74. The summed E-state index contributed by atoms with van der Waals surface area (Å²) in [6.07, 6.45) is 13.1. The molecule has 4 aliphatic carbocycles. The maximum Gasteiger partial charge on any atom is 0.310 e. The lowest BCUT2D eigenvalue weighted by atomic mass is 9.78. The van der Waals surface area contributed by atoms with E-state index in [4.69, 9.17) is 37.9 Å². The Kier molecular flexibility index (Phi) is 26.5. The summed E-state index contributed by atoms with van der Waals surface area (Å²) in [5.74, 6) is -11.3. The van der Waals surface area contributed by atoms with Crippen molar-refractivity contribution in [2.24, 2.45) is 52.8 Å². The Morgan fingerprint density at radius 3 is 0.644 bits per heavy atom. The van der Waals surface area contributed by atoms with Crippen molar-refractivity contribution in [2.75, 3.05) is 26.4 Å². The predicted molar refractivity (Wildman–Crippen MR) is 270 cm³/mol. The van der Waals surface area contributed by atoms with Crippen molar-refractivity contribution in [3.05, 3.63) is 0 Å². The zero-order valence-electron chi connectivity index (χ0n) is 45.8. The third-order valence-corrected chi connectivity index (χ3v) is 15.6. The van der Waals surface area contributed by atoms with Gasteiger partial charge < -0.3 is 37.9 Å². The average molecular weight is 1030 g/mol. The molecule has 0 saturated heterocycles. The zero-order chi connectivity index (χ0) is 53.5. The molecular formula is C57H92O16. The maximum atomic E-state index is 14.4. The zero-order valence-corrected chi connectivity index (χ0v) is 45.8. The van der Waals surface area contributed by atoms with Crippen LogP contribution in [0.1, 0.15) is 209 Å². The summed E-state index contributed by atoms with van der Waals surface area (Å²) < 4.78 is 47.7. The lowest BCUT2D eigenvalue weighted by molar-refractivity contribution is -0.185. The molecule has 416 valence electrons. The van der Waals surface area contributed by atoms with Gasteiger partial charge in [0, 0.05) is 0 Å². The van der Waals surface area contributed by atoms with Crippen LogP contribution in [0.3, 0.4) is 0 Å². The molecule has 0 N–H and O–H groups in total. The van der Waals surface area contributed by atoms with E-state index in [1.807, 2.05) is 55.4 Å². The molecule has 16 nitrogen and oxygen atoms in total. The number of ether oxygens (including phenoxy) is 8. The Morgan fingerprint density at radius 1 is 0.315 bits per heavy atom. The van der Waals surface area contributed by atoms with Crippen LogP contribution in [0.2, 0.25) is 0 Å². The Balaban J connectivity index is 1.72. The van der Waals surface area contributed by atoms with Crippen LogP contribution in [0, 0.1) is 52.8 Å². The highest BCUT2D eigenvalue weighted by molar-refractivity contribution is 5.85. The van der Waals surface area contributed by atoms with E-state index in [9.17, 15) is 38.4 Å². The topological polar surface area (TPSA) is 210 Å². The van der Waals surface area contributed by atoms with Crippen LogP contribution in [0.15, 0.2) is 0 Å². The summed E-state index contributed by atoms with van der Waals surface area (Å²) in [6, 6.07) is 0. The fraction of sp³-hybridized carbons (Fsp3) is 0.860. The lowest BCUT2D eigenvalue weighted by Gasteiger charge is -2.36. The highest BCUT2D eigenvalue weighted by Crippen LogP contribution is 2.38. The molecule has 0 aliphatic heterocycles. The molecule has 0 amide bonds. The minimum absolute atomic E-state index is 0.344. The van der Waals surface area contributed by atoms with Crippen molar-refractivity contribution in [1.82, 2.24) is 0 Å². The van der Waals surface area contributed by atoms with E-state index in [1.54, 1.807) is 0 Å². The number of carbonyl (C=O) groups is 8. The van der Waals surface area contributed by atoms with Crippen LogP contribution in [-0.4, -0.2) is 98.6 Å². The van der Waals surface area contributed by atoms with E-state index < -0.39 is 127 Å². The van der Waals surface area contributed by atoms with E-state index in [1.165, 1.54) is 0 Å². The molecule has 4 fully saturated rings. The van der Waals surface area contributed by atoms with Gasteiger partial charge in [-0.2, -0.15) is 0 Å². The predicted octanol–water partition coefficient (Wildman–Crippen LogP) is 10.3. The first-order valence-corrected chi connectivity index (χ1v) is 28.5. The van der Waals surface area contributed by atoms with Gasteiger partial charge in [0.25, 0.3) is 0 Å². The molecule has 0 bridgehead atoms. The minimum Gasteiger partial charge on any atom is -0.464 e. The van der Waals surface area contributed by atoms with E-state index in [0.717, 1.165) is 25.7 Å². The normalized spacial score (nSPS) is 26.7. The molecule has 4 saturated carbocycles. The van der Waals surface area contributed by atoms with Gasteiger partial charge in [0.1, 0.15) is 31.8 Å². The Bertz CT molecular complexity index is 1530. The largest absolute Gasteiger partial charge is 0.464 e. The van der Waals surface area contributed by atoms with Crippen LogP contribution in [0.4, 0.5) is 0 Å². The highest BCUT2D eigenvalue weighted by Gasteiger charge is 2.47. The summed E-state index contributed by atoms with van der Waals surface area (Å²) in [6.45, 7) is 12.9. The molecule has 73 heavy (non-hydrogen) atoms. The third-order valence-electron chi connectivity index (χ3n) is 15.6. The molecule has 12 unspecified atom stereocenters. The fourth-order valence-corrected chi connectivity index (χ4v) is 11.4. The van der Waals surface area contributed by atoms with E-state index >= 15 is 0 Å². The Hall–Kier alpha value is -4.24. The molecule has 0 heterocycles. The number of hydrogen-bond donors (Lipinski definition) is 0. The number of rotatable bonds is 28. The van der Waals surface area contributed by atoms with Gasteiger partial charge in [0.2, 0.25) is 0 Å². The second kappa shape index (κ2) is 31.6. The van der Waals surface area contributed by atoms with Crippen molar-refractivity contribution >= 4 is 47.8 Å². The monoisotopic (exact) mass is 1030 g/mol. The Labute approximate surface area is 435 Å². The molecule has 4 aliphatic rings. The number of hydrogen-bond acceptors (Lipinski definition) is 16. The Morgan fingerprint density at radius 2 is 0.479 bits per heavy atom. The molecule has 0 aromatic carbocycles. The van der Waals surface area contributed by atoms with Crippen molar-refractivity contribution in [3.63, 3.8) is 0 Å². The van der Waals surface area contributed by atoms with Gasteiger partial charge in [-0.3, -0.25) is 38.4 Å². The second-order valence-corrected chi connectivity index (χ2v) is 22.1. The average Bonchev–Trinajstić information content (AvgIpc) is 3.37. The van der Waals surface area contributed by atoms with E-state index in [-0.39, 0.29) is 24.4 Å². The van der Waals surface area contributed by atoms with Gasteiger partial charge in [-0.15, -0.1) is 0 Å².